The Morgan fingerprint density at radius 3 is 2.30 bits per heavy atom. The first-order valence-electron chi connectivity index (χ1n) is 13.4. The average molecular weight is 663 g/mol. The van der Waals surface area contributed by atoms with Gasteiger partial charge in [-0.2, -0.15) is 26.6 Å². The van der Waals surface area contributed by atoms with Crippen molar-refractivity contribution in [3.8, 4) is 0 Å². The largest absolute Gasteiger partial charge is 0.421 e. The van der Waals surface area contributed by atoms with E-state index in [1.807, 2.05) is 30.9 Å². The molecule has 0 spiro atoms. The monoisotopic (exact) mass is 662 g/mol. The fourth-order valence-corrected chi connectivity index (χ4v) is 4.60. The van der Waals surface area contributed by atoms with E-state index < -0.39 is 45.4 Å². The molecule has 0 atom stereocenters. The third-order valence-corrected chi connectivity index (χ3v) is 6.82. The third kappa shape index (κ3) is 10.0. The zero-order chi connectivity index (χ0) is 34.2. The maximum atomic E-state index is 14.0. The van der Waals surface area contributed by atoms with Gasteiger partial charge in [0.05, 0.1) is 11.4 Å². The standard InChI is InChI=1S/C29H33F3N8O5S/c1-6-25(41)36-23-16-20(11-12-24(23)39(5)14-13-38(3)4)34-27-22(29(30,31)32)17-33-28(37-27)35-19-9-8-10-21(15-19)40(26(42)7-2)18-46(43,44)45/h6-12,15-17H,1-2,13-14,18H2,3-5H3,(H,36,41)(H,43,44,45)(H2,33,34,35,37). The van der Waals surface area contributed by atoms with Gasteiger partial charge in [-0.1, -0.05) is 19.2 Å². The second kappa shape index (κ2) is 14.9. The lowest BCUT2D eigenvalue weighted by Crippen LogP contribution is -2.34. The van der Waals surface area contributed by atoms with Gasteiger partial charge in [0, 0.05) is 43.4 Å². The van der Waals surface area contributed by atoms with Crippen LogP contribution >= 0.6 is 0 Å². The van der Waals surface area contributed by atoms with Crippen LogP contribution < -0.4 is 25.8 Å². The first-order valence-corrected chi connectivity index (χ1v) is 15.0. The van der Waals surface area contributed by atoms with Crippen LogP contribution in [0.3, 0.4) is 0 Å². The molecule has 3 aromatic rings. The summed E-state index contributed by atoms with van der Waals surface area (Å²) >= 11 is 0. The molecule has 0 fully saturated rings. The maximum Gasteiger partial charge on any atom is 0.421 e. The number of carbonyl (C=O) groups is 2. The summed E-state index contributed by atoms with van der Waals surface area (Å²) in [5, 5.41) is 8.07. The minimum atomic E-state index is -4.84. The molecule has 46 heavy (non-hydrogen) atoms. The molecule has 0 radical (unpaired) electrons. The summed E-state index contributed by atoms with van der Waals surface area (Å²) in [6.07, 6.45) is -2.34. The number of alkyl halides is 3. The molecule has 1 heterocycles. The Morgan fingerprint density at radius 2 is 1.70 bits per heavy atom. The molecule has 0 aliphatic carbocycles. The number of nitrogens with zero attached hydrogens (tertiary/aromatic N) is 5. The smallest absolute Gasteiger partial charge is 0.372 e. The molecular formula is C29H33F3N8O5S. The minimum absolute atomic E-state index is 0.0301. The number of nitrogens with one attached hydrogen (secondary N) is 3. The van der Waals surface area contributed by atoms with E-state index in [2.05, 4.69) is 39.1 Å². The molecule has 2 aromatic carbocycles. The quantitative estimate of drug-likeness (QED) is 0.143. The molecule has 0 aliphatic heterocycles. The Hall–Kier alpha value is -5.00. The fraction of sp³-hybridized carbons (Fsp3) is 0.241. The number of rotatable bonds is 14. The van der Waals surface area contributed by atoms with Crippen LogP contribution in [0, 0.1) is 0 Å². The Bertz CT molecular complexity index is 1720. The Labute approximate surface area is 264 Å². The highest BCUT2D eigenvalue weighted by atomic mass is 32.2. The van der Waals surface area contributed by atoms with E-state index in [9.17, 15) is 35.7 Å². The van der Waals surface area contributed by atoms with Gasteiger partial charge in [-0.25, -0.2) is 4.98 Å². The summed E-state index contributed by atoms with van der Waals surface area (Å²) in [6.45, 7) is 8.06. The summed E-state index contributed by atoms with van der Waals surface area (Å²) in [5.74, 6) is -3.29. The van der Waals surface area contributed by atoms with Crippen molar-refractivity contribution in [1.29, 1.82) is 0 Å². The number of halogens is 3. The van der Waals surface area contributed by atoms with Crippen molar-refractivity contribution in [3.05, 3.63) is 79.5 Å². The van der Waals surface area contributed by atoms with Crippen LogP contribution in [-0.2, 0) is 25.9 Å². The van der Waals surface area contributed by atoms with E-state index in [0.29, 0.717) is 30.7 Å². The molecule has 13 nitrogen and oxygen atoms in total. The summed E-state index contributed by atoms with van der Waals surface area (Å²) in [6, 6.07) is 10.2. The SMILES string of the molecule is C=CC(=O)Nc1cc(Nc2nc(Nc3cccc(N(CS(=O)(=O)O)C(=O)C=C)c3)ncc2C(F)(F)F)ccc1N(C)CCN(C)C. The summed E-state index contributed by atoms with van der Waals surface area (Å²) in [5.41, 5.74) is 0.137. The van der Waals surface area contributed by atoms with Crippen LogP contribution in [0.25, 0.3) is 0 Å². The lowest BCUT2D eigenvalue weighted by Gasteiger charge is -2.25. The van der Waals surface area contributed by atoms with E-state index in [1.54, 1.807) is 6.07 Å². The van der Waals surface area contributed by atoms with Crippen LogP contribution in [0.4, 0.5) is 53.4 Å². The molecular weight excluding hydrogens is 629 g/mol. The second-order valence-corrected chi connectivity index (χ2v) is 11.5. The Kier molecular flexibility index (Phi) is 11.5. The summed E-state index contributed by atoms with van der Waals surface area (Å²) in [4.78, 5) is 36.8. The van der Waals surface area contributed by atoms with Crippen LogP contribution in [0.5, 0.6) is 0 Å². The second-order valence-electron chi connectivity index (χ2n) is 10.1. The molecule has 0 saturated heterocycles. The number of hydrogen-bond acceptors (Lipinski definition) is 10. The van der Waals surface area contributed by atoms with E-state index in [4.69, 9.17) is 0 Å². The van der Waals surface area contributed by atoms with Crippen molar-refractivity contribution < 1.29 is 35.7 Å². The molecule has 0 saturated carbocycles. The van der Waals surface area contributed by atoms with Gasteiger partial charge in [0.15, 0.2) is 5.88 Å². The highest BCUT2D eigenvalue weighted by Crippen LogP contribution is 2.37. The Balaban J connectivity index is 1.99. The van der Waals surface area contributed by atoms with Gasteiger partial charge < -0.3 is 25.8 Å². The van der Waals surface area contributed by atoms with Gasteiger partial charge in [0.25, 0.3) is 16.0 Å². The number of likely N-dealkylation sites (N-methyl/N-ethyl adjacent to an activating group) is 2. The van der Waals surface area contributed by atoms with Gasteiger partial charge in [0.2, 0.25) is 11.9 Å². The van der Waals surface area contributed by atoms with Crippen LogP contribution in [-0.4, -0.2) is 79.8 Å². The molecule has 3 rings (SSSR count). The molecule has 4 N–H and O–H groups in total. The normalized spacial score (nSPS) is 11.5. The van der Waals surface area contributed by atoms with Crippen LogP contribution in [0.2, 0.25) is 0 Å². The predicted molar refractivity (Wildman–Crippen MR) is 171 cm³/mol. The van der Waals surface area contributed by atoms with Gasteiger partial charge in [-0.15, -0.1) is 0 Å². The molecule has 0 aliphatic rings. The van der Waals surface area contributed by atoms with Gasteiger partial charge in [-0.3, -0.25) is 19.0 Å². The number of aromatic nitrogens is 2. The van der Waals surface area contributed by atoms with E-state index in [-0.39, 0.29) is 23.0 Å². The summed E-state index contributed by atoms with van der Waals surface area (Å²) < 4.78 is 74.2. The molecule has 17 heteroatoms. The fourth-order valence-electron chi connectivity index (χ4n) is 4.00. The molecule has 0 bridgehead atoms. The van der Waals surface area contributed by atoms with Crippen molar-refractivity contribution in [1.82, 2.24) is 14.9 Å². The van der Waals surface area contributed by atoms with Crippen molar-refractivity contribution in [3.63, 3.8) is 0 Å². The topological polar surface area (TPSA) is 160 Å². The van der Waals surface area contributed by atoms with Crippen molar-refractivity contribution in [2.75, 3.05) is 65.9 Å². The first-order chi connectivity index (χ1) is 21.5. The molecule has 2 amide bonds. The van der Waals surface area contributed by atoms with E-state index >= 15 is 0 Å². The number of amides is 2. The zero-order valence-corrected chi connectivity index (χ0v) is 26.0. The van der Waals surface area contributed by atoms with Crippen LogP contribution in [0.15, 0.2) is 74.0 Å². The van der Waals surface area contributed by atoms with Gasteiger partial charge in [-0.05, 0) is 62.6 Å². The third-order valence-electron chi connectivity index (χ3n) is 6.24. The van der Waals surface area contributed by atoms with Crippen LogP contribution in [0.1, 0.15) is 5.56 Å². The Morgan fingerprint density at radius 1 is 1.00 bits per heavy atom. The molecule has 0 unspecified atom stereocenters. The number of anilines is 7. The zero-order valence-electron chi connectivity index (χ0n) is 25.2. The van der Waals surface area contributed by atoms with E-state index in [1.165, 1.54) is 36.4 Å². The first kappa shape index (κ1) is 35.5. The van der Waals surface area contributed by atoms with Crippen molar-refractivity contribution in [2.24, 2.45) is 0 Å². The summed E-state index contributed by atoms with van der Waals surface area (Å²) in [7, 11) is 1.01. The molecule has 246 valence electrons. The maximum absolute atomic E-state index is 14.0. The number of hydrogen-bond donors (Lipinski definition) is 4. The van der Waals surface area contributed by atoms with Gasteiger partial charge in [0.1, 0.15) is 11.4 Å². The van der Waals surface area contributed by atoms with Crippen molar-refractivity contribution in [2.45, 2.75) is 6.18 Å². The molecule has 1 aromatic heterocycles. The van der Waals surface area contributed by atoms with Gasteiger partial charge >= 0.3 is 6.18 Å². The van der Waals surface area contributed by atoms with E-state index in [0.717, 1.165) is 17.1 Å². The highest BCUT2D eigenvalue weighted by Gasteiger charge is 2.35. The lowest BCUT2D eigenvalue weighted by molar-refractivity contribution is -0.137. The highest BCUT2D eigenvalue weighted by molar-refractivity contribution is 7.85. The van der Waals surface area contributed by atoms with Crippen molar-refractivity contribution >= 4 is 62.1 Å². The minimum Gasteiger partial charge on any atom is -0.372 e. The number of carbonyl (C=O) groups excluding carboxylic acids is 2. The lowest BCUT2D eigenvalue weighted by atomic mass is 10.2. The number of benzene rings is 2. The predicted octanol–water partition coefficient (Wildman–Crippen LogP) is 4.47. The average Bonchev–Trinajstić information content (AvgIpc) is 2.97.